The molecule has 3 nitrogen and oxygen atoms in total. The summed E-state index contributed by atoms with van der Waals surface area (Å²) in [5.41, 5.74) is 0. The van der Waals surface area contributed by atoms with Gasteiger partial charge in [-0.2, -0.15) is 26.3 Å². The van der Waals surface area contributed by atoms with E-state index < -0.39 is 39.9 Å². The second-order valence-corrected chi connectivity index (χ2v) is 9.85. The highest BCUT2D eigenvalue weighted by molar-refractivity contribution is 8.29. The van der Waals surface area contributed by atoms with Crippen molar-refractivity contribution in [2.45, 2.75) is 51.4 Å². The van der Waals surface area contributed by atoms with Crippen molar-refractivity contribution < 1.29 is 40.0 Å². The van der Waals surface area contributed by atoms with Gasteiger partial charge in [0, 0.05) is 0 Å². The molecule has 0 amide bonds. The van der Waals surface area contributed by atoms with Crippen molar-refractivity contribution in [2.24, 2.45) is 0 Å². The van der Waals surface area contributed by atoms with Crippen molar-refractivity contribution in [3.63, 3.8) is 0 Å². The van der Waals surface area contributed by atoms with E-state index in [4.69, 9.17) is 0 Å². The van der Waals surface area contributed by atoms with Gasteiger partial charge in [-0.15, -0.1) is 0 Å². The molecule has 11 heteroatoms. The van der Waals surface area contributed by atoms with E-state index >= 15 is 0 Å². The standard InChI is InChI=1S/C10H18F6O3P2/c1-3-5-7-18-21(17,19-8-6-4-2)20(9(11,12)13)10(14,15)16/h3-8H2,1-2H3. The fourth-order valence-corrected chi connectivity index (χ4v) is 5.94. The molecule has 0 N–H and O–H groups in total. The van der Waals surface area contributed by atoms with Crippen LogP contribution in [0.2, 0.25) is 0 Å². The van der Waals surface area contributed by atoms with Gasteiger partial charge in [0.05, 0.1) is 13.2 Å². The lowest BCUT2D eigenvalue weighted by Crippen LogP contribution is -2.20. The smallest absolute Gasteiger partial charge is 0.305 e. The Bertz CT molecular complexity index is 317. The van der Waals surface area contributed by atoms with Crippen LogP contribution in [-0.2, 0) is 13.6 Å². The van der Waals surface area contributed by atoms with Crippen molar-refractivity contribution in [3.8, 4) is 0 Å². The summed E-state index contributed by atoms with van der Waals surface area (Å²) in [4.78, 5) is 0. The van der Waals surface area contributed by atoms with Gasteiger partial charge in [-0.25, -0.2) is 0 Å². The van der Waals surface area contributed by atoms with E-state index in [1.54, 1.807) is 13.8 Å². The predicted octanol–water partition coefficient (Wildman–Crippen LogP) is 6.25. The molecule has 0 heterocycles. The van der Waals surface area contributed by atoms with Gasteiger partial charge < -0.3 is 9.05 Å². The van der Waals surface area contributed by atoms with Crippen molar-refractivity contribution in [1.82, 2.24) is 0 Å². The van der Waals surface area contributed by atoms with Crippen LogP contribution in [0.1, 0.15) is 39.5 Å². The van der Waals surface area contributed by atoms with Crippen LogP contribution in [0, 0.1) is 0 Å². The van der Waals surface area contributed by atoms with Gasteiger partial charge in [0.15, 0.2) is 0 Å². The number of hydrogen-bond acceptors (Lipinski definition) is 3. The van der Waals surface area contributed by atoms with E-state index in [0.29, 0.717) is 12.8 Å². The van der Waals surface area contributed by atoms with Gasteiger partial charge in [-0.05, 0) is 12.8 Å². The van der Waals surface area contributed by atoms with Crippen molar-refractivity contribution in [2.75, 3.05) is 13.2 Å². The maximum absolute atomic E-state index is 12.7. The maximum Gasteiger partial charge on any atom is 0.425 e. The summed E-state index contributed by atoms with van der Waals surface area (Å²) in [6, 6.07) is 0. The average molecular weight is 362 g/mol. The Labute approximate surface area is 120 Å². The molecule has 0 bridgehead atoms. The van der Waals surface area contributed by atoms with Gasteiger partial charge in [0.2, 0.25) is 7.61 Å². The zero-order valence-electron chi connectivity index (χ0n) is 11.6. The molecule has 0 atom stereocenters. The molecule has 0 spiro atoms. The lowest BCUT2D eigenvalue weighted by molar-refractivity contribution is -0.0810. The van der Waals surface area contributed by atoms with Crippen LogP contribution < -0.4 is 0 Å². The topological polar surface area (TPSA) is 35.5 Å². The first-order chi connectivity index (χ1) is 9.49. The molecular formula is C10H18F6O3P2. The summed E-state index contributed by atoms with van der Waals surface area (Å²) < 4.78 is 97.2. The molecule has 0 aromatic heterocycles. The van der Waals surface area contributed by atoms with E-state index in [-0.39, 0.29) is 12.8 Å². The molecule has 0 saturated carbocycles. The summed E-state index contributed by atoms with van der Waals surface area (Å²) in [6.45, 7) is 2.40. The third kappa shape index (κ3) is 7.31. The van der Waals surface area contributed by atoms with Crippen LogP contribution in [0.5, 0.6) is 0 Å². The molecule has 0 unspecified atom stereocenters. The van der Waals surface area contributed by atoms with Gasteiger partial charge in [-0.3, -0.25) is 4.57 Å². The monoisotopic (exact) mass is 362 g/mol. The molecule has 128 valence electrons. The Balaban J connectivity index is 5.33. The third-order valence-electron chi connectivity index (χ3n) is 2.23. The van der Waals surface area contributed by atoms with Crippen molar-refractivity contribution in [1.29, 1.82) is 0 Å². The number of alkyl halides is 6. The summed E-state index contributed by atoms with van der Waals surface area (Å²) in [5.74, 6) is -11.4. The molecule has 0 aliphatic heterocycles. The maximum atomic E-state index is 12.7. The van der Waals surface area contributed by atoms with Crippen LogP contribution in [0.4, 0.5) is 26.3 Å². The van der Waals surface area contributed by atoms with Crippen molar-refractivity contribution in [3.05, 3.63) is 0 Å². The van der Waals surface area contributed by atoms with E-state index in [9.17, 15) is 30.9 Å². The molecule has 0 aliphatic rings. The Morgan fingerprint density at radius 2 is 1.19 bits per heavy atom. The number of halogens is 6. The fourth-order valence-electron chi connectivity index (χ4n) is 1.22. The summed E-state index contributed by atoms with van der Waals surface area (Å²) >= 11 is 0. The van der Waals surface area contributed by atoms with Crippen LogP contribution in [-0.4, -0.2) is 25.0 Å². The molecule has 0 aromatic carbocycles. The second kappa shape index (κ2) is 8.70. The minimum Gasteiger partial charge on any atom is -0.305 e. The minimum absolute atomic E-state index is 0.194. The molecule has 0 rings (SSSR count). The van der Waals surface area contributed by atoms with Gasteiger partial charge in [-0.1, -0.05) is 26.7 Å². The van der Waals surface area contributed by atoms with Crippen LogP contribution in [0.25, 0.3) is 0 Å². The SMILES string of the molecule is CCCCOP(=O)(OCCCC)P(C(F)(F)F)C(F)(F)F. The summed E-state index contributed by atoms with van der Waals surface area (Å²) in [5, 5.41) is 0. The molecule has 0 saturated heterocycles. The quantitative estimate of drug-likeness (QED) is 0.276. The summed E-state index contributed by atoms with van der Waals surface area (Å²) in [6.07, 6.45) is 1.34. The predicted molar refractivity (Wildman–Crippen MR) is 68.4 cm³/mol. The van der Waals surface area contributed by atoms with Crippen LogP contribution in [0.15, 0.2) is 0 Å². The first-order valence-electron chi connectivity index (χ1n) is 6.32. The molecule has 0 radical (unpaired) electrons. The lowest BCUT2D eigenvalue weighted by atomic mass is 10.4. The Hall–Kier alpha value is 0.160. The molecular weight excluding hydrogens is 344 g/mol. The first kappa shape index (κ1) is 21.2. The highest BCUT2D eigenvalue weighted by Gasteiger charge is 2.68. The fraction of sp³-hybridized carbons (Fsp3) is 1.00. The largest absolute Gasteiger partial charge is 0.425 e. The highest BCUT2D eigenvalue weighted by Crippen LogP contribution is 2.88. The van der Waals surface area contributed by atoms with E-state index in [0.717, 1.165) is 0 Å². The Morgan fingerprint density at radius 1 is 0.857 bits per heavy atom. The minimum atomic E-state index is -5.69. The van der Waals surface area contributed by atoms with Crippen LogP contribution in [0.3, 0.4) is 0 Å². The average Bonchev–Trinajstić information content (AvgIpc) is 2.25. The third-order valence-corrected chi connectivity index (χ3v) is 8.22. The molecule has 0 fully saturated rings. The summed E-state index contributed by atoms with van der Waals surface area (Å²) in [7, 11) is -10.2. The zero-order chi connectivity index (χ0) is 16.7. The van der Waals surface area contributed by atoms with Crippen LogP contribution >= 0.6 is 14.9 Å². The van der Waals surface area contributed by atoms with Gasteiger partial charge in [0.1, 0.15) is 0 Å². The number of rotatable bonds is 9. The van der Waals surface area contributed by atoms with Crippen molar-refractivity contribution >= 4 is 14.9 Å². The molecule has 0 aliphatic carbocycles. The number of hydrogen-bond donors (Lipinski definition) is 0. The van der Waals surface area contributed by atoms with Gasteiger partial charge in [0.25, 0.3) is 0 Å². The first-order valence-corrected chi connectivity index (χ1v) is 9.91. The Kier molecular flexibility index (Phi) is 8.77. The Morgan fingerprint density at radius 3 is 1.43 bits per heavy atom. The lowest BCUT2D eigenvalue weighted by Gasteiger charge is -2.29. The second-order valence-electron chi connectivity index (χ2n) is 4.09. The zero-order valence-corrected chi connectivity index (χ0v) is 13.4. The van der Waals surface area contributed by atoms with E-state index in [1.165, 1.54) is 0 Å². The van der Waals surface area contributed by atoms with E-state index in [2.05, 4.69) is 9.05 Å². The normalized spacial score (nSPS) is 14.0. The van der Waals surface area contributed by atoms with Gasteiger partial charge >= 0.3 is 19.1 Å². The molecule has 0 aromatic rings. The van der Waals surface area contributed by atoms with E-state index in [1.807, 2.05) is 0 Å². The number of unbranched alkanes of at least 4 members (excludes halogenated alkanes) is 2. The highest BCUT2D eigenvalue weighted by atomic mass is 32.1. The molecule has 21 heavy (non-hydrogen) atoms.